The van der Waals surface area contributed by atoms with Crippen LogP contribution in [-0.2, 0) is 0 Å². The largest absolute Gasteiger partial charge is 0.396 e. The van der Waals surface area contributed by atoms with E-state index in [4.69, 9.17) is 5.11 Å². The minimum atomic E-state index is 0.0333. The highest BCUT2D eigenvalue weighted by atomic mass is 79.9. The second kappa shape index (κ2) is 6.77. The number of carbonyl (C=O) groups excluding carboxylic acids is 1. The van der Waals surface area contributed by atoms with Crippen LogP contribution in [0.4, 0.5) is 0 Å². The minimum Gasteiger partial charge on any atom is -0.396 e. The lowest BCUT2D eigenvalue weighted by Gasteiger charge is -2.21. The van der Waals surface area contributed by atoms with Crippen molar-refractivity contribution in [1.82, 2.24) is 4.90 Å². The summed E-state index contributed by atoms with van der Waals surface area (Å²) in [5.41, 5.74) is 1.69. The maximum atomic E-state index is 12.2. The molecule has 0 saturated heterocycles. The zero-order valence-electron chi connectivity index (χ0n) is 10.2. The minimum absolute atomic E-state index is 0.0333. The number of carbonyl (C=O) groups is 1. The molecular formula is C13H18BrNO2. The van der Waals surface area contributed by atoms with E-state index in [0.717, 1.165) is 15.6 Å². The van der Waals surface area contributed by atoms with Crippen LogP contribution in [0, 0.1) is 6.92 Å². The van der Waals surface area contributed by atoms with E-state index in [1.165, 1.54) is 0 Å². The number of aryl methyl sites for hydroxylation is 1. The SMILES string of the molecule is CCN(CCCO)C(=O)c1ccc(Br)cc1C. The van der Waals surface area contributed by atoms with Crippen LogP contribution in [0.5, 0.6) is 0 Å². The van der Waals surface area contributed by atoms with Gasteiger partial charge in [-0.05, 0) is 44.0 Å². The zero-order chi connectivity index (χ0) is 12.8. The summed E-state index contributed by atoms with van der Waals surface area (Å²) in [6, 6.07) is 5.65. The summed E-state index contributed by atoms with van der Waals surface area (Å²) in [5.74, 6) is 0.0333. The Bertz CT molecular complexity index is 393. The zero-order valence-corrected chi connectivity index (χ0v) is 11.8. The van der Waals surface area contributed by atoms with Gasteiger partial charge in [-0.2, -0.15) is 0 Å². The highest BCUT2D eigenvalue weighted by Crippen LogP contribution is 2.17. The summed E-state index contributed by atoms with van der Waals surface area (Å²) in [6.07, 6.45) is 0.620. The van der Waals surface area contributed by atoms with Crippen LogP contribution in [0.15, 0.2) is 22.7 Å². The molecule has 0 atom stereocenters. The number of amides is 1. The highest BCUT2D eigenvalue weighted by molar-refractivity contribution is 9.10. The average molecular weight is 300 g/mol. The van der Waals surface area contributed by atoms with Gasteiger partial charge in [-0.25, -0.2) is 0 Å². The smallest absolute Gasteiger partial charge is 0.254 e. The van der Waals surface area contributed by atoms with Crippen molar-refractivity contribution in [2.24, 2.45) is 0 Å². The van der Waals surface area contributed by atoms with Crippen molar-refractivity contribution in [3.8, 4) is 0 Å². The summed E-state index contributed by atoms with van der Waals surface area (Å²) in [5, 5.41) is 8.81. The first kappa shape index (κ1) is 14.2. The molecule has 0 saturated carbocycles. The molecule has 0 aromatic heterocycles. The van der Waals surface area contributed by atoms with Gasteiger partial charge in [0.1, 0.15) is 0 Å². The first-order valence-electron chi connectivity index (χ1n) is 5.76. The van der Waals surface area contributed by atoms with E-state index in [1.807, 2.05) is 32.0 Å². The van der Waals surface area contributed by atoms with Gasteiger partial charge in [-0.1, -0.05) is 15.9 Å². The normalized spacial score (nSPS) is 10.4. The van der Waals surface area contributed by atoms with Crippen LogP contribution in [0.2, 0.25) is 0 Å². The van der Waals surface area contributed by atoms with Crippen LogP contribution < -0.4 is 0 Å². The molecule has 1 aromatic rings. The van der Waals surface area contributed by atoms with Gasteiger partial charge in [0.25, 0.3) is 5.91 Å². The molecule has 3 nitrogen and oxygen atoms in total. The van der Waals surface area contributed by atoms with Crippen molar-refractivity contribution in [1.29, 1.82) is 0 Å². The average Bonchev–Trinajstić information content (AvgIpc) is 2.29. The van der Waals surface area contributed by atoms with Crippen molar-refractivity contribution in [3.63, 3.8) is 0 Å². The molecule has 0 aliphatic rings. The number of hydrogen-bond acceptors (Lipinski definition) is 2. The number of aliphatic hydroxyl groups excluding tert-OH is 1. The monoisotopic (exact) mass is 299 g/mol. The lowest BCUT2D eigenvalue weighted by Crippen LogP contribution is -2.32. The Labute approximate surface area is 111 Å². The molecule has 0 aliphatic carbocycles. The van der Waals surface area contributed by atoms with Gasteiger partial charge < -0.3 is 10.0 Å². The van der Waals surface area contributed by atoms with Crippen LogP contribution >= 0.6 is 15.9 Å². The van der Waals surface area contributed by atoms with Gasteiger partial charge in [-0.15, -0.1) is 0 Å². The maximum absolute atomic E-state index is 12.2. The number of benzene rings is 1. The first-order valence-corrected chi connectivity index (χ1v) is 6.55. The summed E-state index contributed by atoms with van der Waals surface area (Å²) >= 11 is 3.38. The molecule has 4 heteroatoms. The fraction of sp³-hybridized carbons (Fsp3) is 0.462. The standard InChI is InChI=1S/C13H18BrNO2/c1-3-15(7-4-8-16)13(17)12-6-5-11(14)9-10(12)2/h5-6,9,16H,3-4,7-8H2,1-2H3. The lowest BCUT2D eigenvalue weighted by molar-refractivity contribution is 0.0753. The Morgan fingerprint density at radius 2 is 2.18 bits per heavy atom. The fourth-order valence-electron chi connectivity index (χ4n) is 1.70. The Kier molecular flexibility index (Phi) is 5.65. The van der Waals surface area contributed by atoms with E-state index < -0.39 is 0 Å². The Morgan fingerprint density at radius 3 is 2.71 bits per heavy atom. The highest BCUT2D eigenvalue weighted by Gasteiger charge is 2.15. The topological polar surface area (TPSA) is 40.5 Å². The molecule has 1 amide bonds. The molecule has 1 N–H and O–H groups in total. The molecule has 1 aromatic carbocycles. The number of hydrogen-bond donors (Lipinski definition) is 1. The van der Waals surface area contributed by atoms with Crippen molar-refractivity contribution in [3.05, 3.63) is 33.8 Å². The van der Waals surface area contributed by atoms with E-state index in [2.05, 4.69) is 15.9 Å². The summed E-state index contributed by atoms with van der Waals surface area (Å²) in [4.78, 5) is 14.0. The van der Waals surface area contributed by atoms with Gasteiger partial charge in [-0.3, -0.25) is 4.79 Å². The van der Waals surface area contributed by atoms with Crippen LogP contribution in [0.25, 0.3) is 0 Å². The summed E-state index contributed by atoms with van der Waals surface area (Å²) in [6.45, 7) is 5.25. The molecule has 0 bridgehead atoms. The number of rotatable bonds is 5. The number of halogens is 1. The Hall–Kier alpha value is -0.870. The van der Waals surface area contributed by atoms with E-state index in [-0.39, 0.29) is 12.5 Å². The van der Waals surface area contributed by atoms with Gasteiger partial charge >= 0.3 is 0 Å². The van der Waals surface area contributed by atoms with Crippen LogP contribution in [0.3, 0.4) is 0 Å². The van der Waals surface area contributed by atoms with Crippen LogP contribution in [-0.4, -0.2) is 35.6 Å². The maximum Gasteiger partial charge on any atom is 0.254 e. The second-order valence-electron chi connectivity index (χ2n) is 3.92. The molecule has 94 valence electrons. The molecule has 0 fully saturated rings. The summed E-state index contributed by atoms with van der Waals surface area (Å²) < 4.78 is 0.977. The molecular weight excluding hydrogens is 282 g/mol. The summed E-state index contributed by atoms with van der Waals surface area (Å²) in [7, 11) is 0. The molecule has 0 radical (unpaired) electrons. The predicted molar refractivity (Wildman–Crippen MR) is 72.2 cm³/mol. The quantitative estimate of drug-likeness (QED) is 0.908. The molecule has 1 rings (SSSR count). The van der Waals surface area contributed by atoms with E-state index >= 15 is 0 Å². The molecule has 0 aliphatic heterocycles. The van der Waals surface area contributed by atoms with Gasteiger partial charge in [0.2, 0.25) is 0 Å². The molecule has 17 heavy (non-hydrogen) atoms. The molecule has 0 heterocycles. The van der Waals surface area contributed by atoms with Crippen molar-refractivity contribution in [2.75, 3.05) is 19.7 Å². The van der Waals surface area contributed by atoms with E-state index in [1.54, 1.807) is 4.90 Å². The van der Waals surface area contributed by atoms with E-state index in [9.17, 15) is 4.79 Å². The third-order valence-corrected chi connectivity index (χ3v) is 3.17. The third kappa shape index (κ3) is 3.82. The first-order chi connectivity index (χ1) is 8.10. The number of aliphatic hydroxyl groups is 1. The van der Waals surface area contributed by atoms with Gasteiger partial charge in [0.15, 0.2) is 0 Å². The van der Waals surface area contributed by atoms with Crippen molar-refractivity contribution in [2.45, 2.75) is 20.3 Å². The van der Waals surface area contributed by atoms with E-state index in [0.29, 0.717) is 19.5 Å². The molecule has 0 spiro atoms. The number of nitrogens with zero attached hydrogens (tertiary/aromatic N) is 1. The van der Waals surface area contributed by atoms with Crippen LogP contribution in [0.1, 0.15) is 29.3 Å². The fourth-order valence-corrected chi connectivity index (χ4v) is 2.18. The molecule has 0 unspecified atom stereocenters. The van der Waals surface area contributed by atoms with Crippen molar-refractivity contribution >= 4 is 21.8 Å². The Morgan fingerprint density at radius 1 is 1.47 bits per heavy atom. The lowest BCUT2D eigenvalue weighted by atomic mass is 10.1. The van der Waals surface area contributed by atoms with Gasteiger partial charge in [0, 0.05) is 29.7 Å². The van der Waals surface area contributed by atoms with Crippen molar-refractivity contribution < 1.29 is 9.90 Å². The predicted octanol–water partition coefficient (Wildman–Crippen LogP) is 2.60. The Balaban J connectivity index is 2.86. The second-order valence-corrected chi connectivity index (χ2v) is 4.84. The third-order valence-electron chi connectivity index (χ3n) is 2.67. The van der Waals surface area contributed by atoms with Gasteiger partial charge in [0.05, 0.1) is 0 Å².